The summed E-state index contributed by atoms with van der Waals surface area (Å²) >= 11 is 3.43. The van der Waals surface area contributed by atoms with Crippen LogP contribution in [-0.2, 0) is 0 Å². The van der Waals surface area contributed by atoms with Gasteiger partial charge in [0.25, 0.3) is 0 Å². The van der Waals surface area contributed by atoms with E-state index in [1.54, 1.807) is 0 Å². The smallest absolute Gasteiger partial charge is 0.0269 e. The number of rotatable bonds is 6. The maximum Gasteiger partial charge on any atom is 0.0269 e. The Bertz CT molecular complexity index is 171. The van der Waals surface area contributed by atoms with Crippen LogP contribution < -0.4 is 0 Å². The third kappa shape index (κ3) is 11.8. The zero-order chi connectivity index (χ0) is 9.78. The average Bonchev–Trinajstić information content (AvgIpc) is 2.16. The molecule has 0 aliphatic heterocycles. The molecule has 0 aliphatic rings. The molecule has 0 bridgehead atoms. The third-order valence-electron chi connectivity index (χ3n) is 1.77. The highest BCUT2D eigenvalue weighted by Gasteiger charge is 1.85. The number of alkyl halides is 1. The van der Waals surface area contributed by atoms with Gasteiger partial charge in [0.15, 0.2) is 0 Å². The van der Waals surface area contributed by atoms with Gasteiger partial charge in [0.05, 0.1) is 0 Å². The molecule has 13 heavy (non-hydrogen) atoms. The van der Waals surface area contributed by atoms with Crippen LogP contribution in [0.5, 0.6) is 0 Å². The first kappa shape index (κ1) is 12.8. The second-order valence-electron chi connectivity index (χ2n) is 2.98. The summed E-state index contributed by atoms with van der Waals surface area (Å²) in [5.41, 5.74) is 0. The van der Waals surface area contributed by atoms with Crippen molar-refractivity contribution in [1.29, 1.82) is 0 Å². The highest BCUT2D eigenvalue weighted by atomic mass is 79.9. The van der Waals surface area contributed by atoms with Gasteiger partial charge in [0, 0.05) is 18.2 Å². The zero-order valence-corrected chi connectivity index (χ0v) is 10.1. The molecular weight excluding hydrogens is 224 g/mol. The van der Waals surface area contributed by atoms with Gasteiger partial charge < -0.3 is 0 Å². The lowest BCUT2D eigenvalue weighted by atomic mass is 10.1. The van der Waals surface area contributed by atoms with Gasteiger partial charge >= 0.3 is 0 Å². The van der Waals surface area contributed by atoms with Crippen molar-refractivity contribution in [3.63, 3.8) is 0 Å². The highest BCUT2D eigenvalue weighted by molar-refractivity contribution is 9.09. The Balaban J connectivity index is 3.08. The van der Waals surface area contributed by atoms with E-state index in [1.807, 2.05) is 13.0 Å². The van der Waals surface area contributed by atoms with E-state index in [4.69, 9.17) is 0 Å². The fourth-order valence-electron chi connectivity index (χ4n) is 0.999. The quantitative estimate of drug-likeness (QED) is 0.282. The molecule has 0 aromatic heterocycles. The maximum atomic E-state index is 3.43. The molecule has 0 heterocycles. The third-order valence-corrected chi connectivity index (χ3v) is 2.33. The molecule has 0 rings (SSSR count). The van der Waals surface area contributed by atoms with Gasteiger partial charge in [-0.2, -0.15) is 0 Å². The van der Waals surface area contributed by atoms with Gasteiger partial charge in [-0.1, -0.05) is 46.8 Å². The van der Waals surface area contributed by atoms with Gasteiger partial charge in [-0.05, 0) is 19.8 Å². The highest BCUT2D eigenvalue weighted by Crippen LogP contribution is 2.03. The molecule has 0 aromatic rings. The van der Waals surface area contributed by atoms with Gasteiger partial charge in [-0.15, -0.1) is 5.92 Å². The van der Waals surface area contributed by atoms with Gasteiger partial charge in [-0.3, -0.25) is 0 Å². The molecule has 0 saturated heterocycles. The molecule has 0 aromatic carbocycles. The maximum absolute atomic E-state index is 3.43. The van der Waals surface area contributed by atoms with E-state index < -0.39 is 0 Å². The average molecular weight is 243 g/mol. The first-order valence-electron chi connectivity index (χ1n) is 5.04. The number of allylic oxidation sites excluding steroid dienone is 2. The summed E-state index contributed by atoms with van der Waals surface area (Å²) in [6.45, 7) is 2.03. The van der Waals surface area contributed by atoms with Crippen molar-refractivity contribution >= 4 is 15.9 Å². The molecule has 1 heteroatoms. The van der Waals surface area contributed by atoms with Crippen LogP contribution in [-0.4, -0.2) is 5.33 Å². The summed E-state index contributed by atoms with van der Waals surface area (Å²) in [6.07, 6.45) is 11.3. The minimum Gasteiger partial charge on any atom is -0.103 e. The van der Waals surface area contributed by atoms with Gasteiger partial charge in [0.1, 0.15) is 0 Å². The summed E-state index contributed by atoms with van der Waals surface area (Å²) in [7, 11) is 0. The Morgan fingerprint density at radius 3 is 2.54 bits per heavy atom. The molecule has 0 aliphatic carbocycles. The molecule has 0 atom stereocenters. The van der Waals surface area contributed by atoms with Crippen molar-refractivity contribution in [2.45, 2.75) is 45.4 Å². The lowest BCUT2D eigenvalue weighted by Gasteiger charge is -1.93. The van der Waals surface area contributed by atoms with Crippen LogP contribution in [0.15, 0.2) is 12.2 Å². The summed E-state index contributed by atoms with van der Waals surface area (Å²) in [5.74, 6) is 6.32. The molecule has 0 N–H and O–H groups in total. The number of hydrogen-bond acceptors (Lipinski definition) is 0. The SMILES string of the molecule is CC=CCC#CCCCCCCBr. The van der Waals surface area contributed by atoms with E-state index >= 15 is 0 Å². The second kappa shape index (κ2) is 11.8. The van der Waals surface area contributed by atoms with Crippen LogP contribution in [0.3, 0.4) is 0 Å². The van der Waals surface area contributed by atoms with E-state index in [1.165, 1.54) is 25.7 Å². The van der Waals surface area contributed by atoms with E-state index in [2.05, 4.69) is 33.8 Å². The number of hydrogen-bond donors (Lipinski definition) is 0. The van der Waals surface area contributed by atoms with Crippen molar-refractivity contribution in [3.8, 4) is 11.8 Å². The Morgan fingerprint density at radius 1 is 1.08 bits per heavy atom. The lowest BCUT2D eigenvalue weighted by molar-refractivity contribution is 0.685. The first-order chi connectivity index (χ1) is 6.41. The Hall–Kier alpha value is -0.220. The van der Waals surface area contributed by atoms with E-state index in [9.17, 15) is 0 Å². The minimum atomic E-state index is 0.915. The van der Waals surface area contributed by atoms with Crippen molar-refractivity contribution in [2.75, 3.05) is 5.33 Å². The van der Waals surface area contributed by atoms with E-state index in [-0.39, 0.29) is 0 Å². The zero-order valence-electron chi connectivity index (χ0n) is 8.48. The molecule has 74 valence electrons. The van der Waals surface area contributed by atoms with Crippen LogP contribution in [0.1, 0.15) is 45.4 Å². The van der Waals surface area contributed by atoms with Crippen LogP contribution >= 0.6 is 15.9 Å². The summed E-state index contributed by atoms with van der Waals surface area (Å²) in [4.78, 5) is 0. The topological polar surface area (TPSA) is 0 Å². The van der Waals surface area contributed by atoms with Gasteiger partial charge in [-0.25, -0.2) is 0 Å². The molecule has 0 saturated carbocycles. The number of halogens is 1. The molecular formula is C12H19Br. The van der Waals surface area contributed by atoms with Crippen molar-refractivity contribution < 1.29 is 0 Å². The predicted octanol–water partition coefficient (Wildman–Crippen LogP) is 4.30. The predicted molar refractivity (Wildman–Crippen MR) is 64.1 cm³/mol. The van der Waals surface area contributed by atoms with Crippen molar-refractivity contribution in [2.24, 2.45) is 0 Å². The molecule has 0 radical (unpaired) electrons. The summed E-state index contributed by atoms with van der Waals surface area (Å²) in [5, 5.41) is 1.14. The van der Waals surface area contributed by atoms with E-state index in [0.717, 1.165) is 18.2 Å². The molecule has 0 fully saturated rings. The molecule has 0 nitrogen and oxygen atoms in total. The van der Waals surface area contributed by atoms with Crippen LogP contribution in [0.25, 0.3) is 0 Å². The van der Waals surface area contributed by atoms with Crippen molar-refractivity contribution in [1.82, 2.24) is 0 Å². The lowest BCUT2D eigenvalue weighted by Crippen LogP contribution is -1.77. The second-order valence-corrected chi connectivity index (χ2v) is 3.77. The first-order valence-corrected chi connectivity index (χ1v) is 6.16. The van der Waals surface area contributed by atoms with E-state index in [0.29, 0.717) is 0 Å². The normalized spacial score (nSPS) is 10.0. The monoisotopic (exact) mass is 242 g/mol. The standard InChI is InChI=1S/C12H19Br/c1-2-3-4-5-6-7-8-9-10-11-12-13/h2-3H,4,7-12H2,1H3. The Labute approximate surface area is 90.9 Å². The Morgan fingerprint density at radius 2 is 1.85 bits per heavy atom. The largest absolute Gasteiger partial charge is 0.103 e. The fourth-order valence-corrected chi connectivity index (χ4v) is 1.40. The molecule has 0 amide bonds. The number of unbranched alkanes of at least 4 members (excludes halogenated alkanes) is 4. The van der Waals surface area contributed by atoms with Crippen LogP contribution in [0, 0.1) is 11.8 Å². The Kier molecular flexibility index (Phi) is 11.6. The van der Waals surface area contributed by atoms with Crippen molar-refractivity contribution in [3.05, 3.63) is 12.2 Å². The molecule has 0 spiro atoms. The summed E-state index contributed by atoms with van der Waals surface area (Å²) in [6, 6.07) is 0. The fraction of sp³-hybridized carbons (Fsp3) is 0.667. The molecule has 0 unspecified atom stereocenters. The van der Waals surface area contributed by atoms with Gasteiger partial charge in [0.2, 0.25) is 0 Å². The summed E-state index contributed by atoms with van der Waals surface area (Å²) < 4.78 is 0. The minimum absolute atomic E-state index is 0.915. The van der Waals surface area contributed by atoms with Crippen LogP contribution in [0.4, 0.5) is 0 Å². The van der Waals surface area contributed by atoms with Crippen LogP contribution in [0.2, 0.25) is 0 Å².